The predicted octanol–water partition coefficient (Wildman–Crippen LogP) is 2.22. The number of aliphatic hydroxyl groups excluding tert-OH is 1. The molecule has 0 spiro atoms. The highest BCUT2D eigenvalue weighted by Crippen LogP contribution is 2.04. The highest BCUT2D eigenvalue weighted by atomic mass is 16.5. The standard InChI is InChI=1S/C7H12O5.C6H14/c1-2-12-7(11)5(4-8)3-6(9)10;1-3-5-6-4-2/h5,8H,2-4H2,1H3,(H,9,10);3-6H2,1-2H3. The summed E-state index contributed by atoms with van der Waals surface area (Å²) in [6.07, 6.45) is 5.14. The topological polar surface area (TPSA) is 83.8 Å². The Balaban J connectivity index is 0. The van der Waals surface area contributed by atoms with Gasteiger partial charge in [0.1, 0.15) is 0 Å². The lowest BCUT2D eigenvalue weighted by Crippen LogP contribution is -2.24. The second kappa shape index (κ2) is 14.0. The Morgan fingerprint density at radius 1 is 1.11 bits per heavy atom. The molecule has 5 nitrogen and oxygen atoms in total. The lowest BCUT2D eigenvalue weighted by Gasteiger charge is -2.09. The fourth-order valence-corrected chi connectivity index (χ4v) is 1.19. The molecule has 0 radical (unpaired) electrons. The molecule has 0 heterocycles. The first-order chi connectivity index (χ1) is 8.53. The molecule has 0 aromatic rings. The number of aliphatic hydroxyl groups is 1. The van der Waals surface area contributed by atoms with E-state index in [1.807, 2.05) is 0 Å². The van der Waals surface area contributed by atoms with Crippen LogP contribution in [0.15, 0.2) is 0 Å². The molecule has 0 saturated carbocycles. The average Bonchev–Trinajstić information content (AvgIpc) is 2.34. The molecular formula is C13H26O5. The molecule has 0 rings (SSSR count). The number of rotatable bonds is 8. The van der Waals surface area contributed by atoms with Crippen molar-refractivity contribution in [3.63, 3.8) is 0 Å². The summed E-state index contributed by atoms with van der Waals surface area (Å²) < 4.78 is 4.53. The highest BCUT2D eigenvalue weighted by molar-refractivity contribution is 5.79. The van der Waals surface area contributed by atoms with Gasteiger partial charge in [0.05, 0.1) is 25.6 Å². The van der Waals surface area contributed by atoms with Gasteiger partial charge in [0.2, 0.25) is 0 Å². The summed E-state index contributed by atoms with van der Waals surface area (Å²) in [5, 5.41) is 16.9. The van der Waals surface area contributed by atoms with Crippen molar-refractivity contribution in [1.82, 2.24) is 0 Å². The average molecular weight is 262 g/mol. The van der Waals surface area contributed by atoms with Crippen LogP contribution in [0.4, 0.5) is 0 Å². The number of carboxylic acids is 1. The fraction of sp³-hybridized carbons (Fsp3) is 0.846. The normalized spacial score (nSPS) is 11.1. The van der Waals surface area contributed by atoms with Gasteiger partial charge in [-0.3, -0.25) is 9.59 Å². The molecule has 0 saturated heterocycles. The summed E-state index contributed by atoms with van der Waals surface area (Å²) >= 11 is 0. The molecule has 0 bridgehead atoms. The molecule has 0 aliphatic rings. The Hall–Kier alpha value is -1.10. The van der Waals surface area contributed by atoms with Gasteiger partial charge in [-0.2, -0.15) is 0 Å². The van der Waals surface area contributed by atoms with Crippen LogP contribution in [0, 0.1) is 5.92 Å². The van der Waals surface area contributed by atoms with Crippen LogP contribution in [0.25, 0.3) is 0 Å². The number of esters is 1. The number of hydrogen-bond donors (Lipinski definition) is 2. The lowest BCUT2D eigenvalue weighted by molar-refractivity contribution is -0.154. The number of unbranched alkanes of at least 4 members (excludes halogenated alkanes) is 3. The van der Waals surface area contributed by atoms with Crippen LogP contribution in [0.5, 0.6) is 0 Å². The van der Waals surface area contributed by atoms with E-state index in [0.29, 0.717) is 0 Å². The molecule has 1 unspecified atom stereocenters. The van der Waals surface area contributed by atoms with Gasteiger partial charge in [0.25, 0.3) is 0 Å². The van der Waals surface area contributed by atoms with E-state index < -0.39 is 30.9 Å². The number of carboxylic acid groups (broad SMARTS) is 1. The largest absolute Gasteiger partial charge is 0.481 e. The SMILES string of the molecule is CCCCCC.CCOC(=O)C(CO)CC(=O)O. The van der Waals surface area contributed by atoms with E-state index >= 15 is 0 Å². The molecule has 0 aromatic carbocycles. The van der Waals surface area contributed by atoms with Gasteiger partial charge in [-0.1, -0.05) is 39.5 Å². The predicted molar refractivity (Wildman–Crippen MR) is 69.3 cm³/mol. The Kier molecular flexibility index (Phi) is 14.9. The van der Waals surface area contributed by atoms with E-state index in [4.69, 9.17) is 10.2 Å². The third-order valence-corrected chi connectivity index (χ3v) is 2.22. The van der Waals surface area contributed by atoms with E-state index in [2.05, 4.69) is 18.6 Å². The van der Waals surface area contributed by atoms with Crippen LogP contribution in [0.3, 0.4) is 0 Å². The van der Waals surface area contributed by atoms with Crippen molar-refractivity contribution in [2.75, 3.05) is 13.2 Å². The monoisotopic (exact) mass is 262 g/mol. The third-order valence-electron chi connectivity index (χ3n) is 2.22. The summed E-state index contributed by atoms with van der Waals surface area (Å²) in [4.78, 5) is 21.0. The molecule has 1 atom stereocenters. The van der Waals surface area contributed by atoms with Crippen molar-refractivity contribution in [2.45, 2.75) is 52.9 Å². The summed E-state index contributed by atoms with van der Waals surface area (Å²) in [5.41, 5.74) is 0. The zero-order valence-electron chi connectivity index (χ0n) is 11.6. The molecule has 0 amide bonds. The van der Waals surface area contributed by atoms with Crippen molar-refractivity contribution in [3.05, 3.63) is 0 Å². The number of ether oxygens (including phenoxy) is 1. The molecule has 0 aliphatic heterocycles. The van der Waals surface area contributed by atoms with Crippen molar-refractivity contribution < 1.29 is 24.5 Å². The minimum Gasteiger partial charge on any atom is -0.481 e. The highest BCUT2D eigenvalue weighted by Gasteiger charge is 2.21. The van der Waals surface area contributed by atoms with Gasteiger partial charge in [0, 0.05) is 0 Å². The number of carbonyl (C=O) groups excluding carboxylic acids is 1. The minimum absolute atomic E-state index is 0.189. The van der Waals surface area contributed by atoms with Crippen molar-refractivity contribution in [3.8, 4) is 0 Å². The fourth-order valence-electron chi connectivity index (χ4n) is 1.19. The van der Waals surface area contributed by atoms with Gasteiger partial charge >= 0.3 is 11.9 Å². The van der Waals surface area contributed by atoms with Crippen LogP contribution in [-0.4, -0.2) is 35.4 Å². The van der Waals surface area contributed by atoms with Crippen LogP contribution in [-0.2, 0) is 14.3 Å². The maximum atomic E-state index is 10.9. The summed E-state index contributed by atoms with van der Waals surface area (Å²) in [7, 11) is 0. The van der Waals surface area contributed by atoms with E-state index in [-0.39, 0.29) is 6.61 Å². The Labute approximate surface area is 109 Å². The van der Waals surface area contributed by atoms with Gasteiger partial charge in [-0.05, 0) is 6.92 Å². The quantitative estimate of drug-likeness (QED) is 0.517. The molecule has 18 heavy (non-hydrogen) atoms. The second-order valence-corrected chi connectivity index (χ2v) is 3.94. The van der Waals surface area contributed by atoms with Crippen molar-refractivity contribution >= 4 is 11.9 Å². The molecular weight excluding hydrogens is 236 g/mol. The number of hydrogen-bond acceptors (Lipinski definition) is 4. The minimum atomic E-state index is -1.12. The maximum absolute atomic E-state index is 10.9. The van der Waals surface area contributed by atoms with E-state index in [1.165, 1.54) is 25.7 Å². The molecule has 108 valence electrons. The van der Waals surface area contributed by atoms with Crippen LogP contribution < -0.4 is 0 Å². The van der Waals surface area contributed by atoms with Gasteiger partial charge in [-0.15, -0.1) is 0 Å². The van der Waals surface area contributed by atoms with E-state index in [9.17, 15) is 9.59 Å². The van der Waals surface area contributed by atoms with Gasteiger partial charge in [-0.25, -0.2) is 0 Å². The maximum Gasteiger partial charge on any atom is 0.311 e. The van der Waals surface area contributed by atoms with Gasteiger partial charge in [0.15, 0.2) is 0 Å². The summed E-state index contributed by atoms with van der Waals surface area (Å²) in [5.74, 6) is -2.73. The zero-order valence-corrected chi connectivity index (χ0v) is 11.6. The Bertz CT molecular complexity index is 211. The third kappa shape index (κ3) is 13.0. The summed E-state index contributed by atoms with van der Waals surface area (Å²) in [6, 6.07) is 0. The van der Waals surface area contributed by atoms with E-state index in [0.717, 1.165) is 0 Å². The van der Waals surface area contributed by atoms with Gasteiger partial charge < -0.3 is 14.9 Å². The Morgan fingerprint density at radius 2 is 1.61 bits per heavy atom. The van der Waals surface area contributed by atoms with Crippen molar-refractivity contribution in [1.29, 1.82) is 0 Å². The van der Waals surface area contributed by atoms with Crippen molar-refractivity contribution in [2.24, 2.45) is 5.92 Å². The second-order valence-electron chi connectivity index (χ2n) is 3.94. The molecule has 0 aromatic heterocycles. The van der Waals surface area contributed by atoms with Crippen LogP contribution in [0.1, 0.15) is 52.9 Å². The smallest absolute Gasteiger partial charge is 0.311 e. The van der Waals surface area contributed by atoms with Crippen LogP contribution >= 0.6 is 0 Å². The van der Waals surface area contributed by atoms with Crippen LogP contribution in [0.2, 0.25) is 0 Å². The number of aliphatic carboxylic acids is 1. The molecule has 0 aliphatic carbocycles. The molecule has 2 N–H and O–H groups in total. The first-order valence-corrected chi connectivity index (χ1v) is 6.52. The first-order valence-electron chi connectivity index (χ1n) is 6.52. The summed E-state index contributed by atoms with van der Waals surface area (Å²) in [6.45, 7) is 5.78. The first kappa shape index (κ1) is 19.2. The van der Waals surface area contributed by atoms with E-state index in [1.54, 1.807) is 6.92 Å². The lowest BCUT2D eigenvalue weighted by atomic mass is 10.1. The number of carbonyl (C=O) groups is 2. The molecule has 5 heteroatoms. The Morgan fingerprint density at radius 3 is 1.89 bits per heavy atom. The molecule has 0 fully saturated rings. The zero-order chi connectivity index (χ0) is 14.4.